The maximum absolute atomic E-state index is 12.1. The second-order valence-corrected chi connectivity index (χ2v) is 5.19. The van der Waals surface area contributed by atoms with E-state index in [-0.39, 0.29) is 11.8 Å². The summed E-state index contributed by atoms with van der Waals surface area (Å²) in [5, 5.41) is 12.2. The fourth-order valence-corrected chi connectivity index (χ4v) is 2.31. The predicted molar refractivity (Wildman–Crippen MR) is 64.6 cm³/mol. The van der Waals surface area contributed by atoms with Crippen molar-refractivity contribution in [3.63, 3.8) is 0 Å². The van der Waals surface area contributed by atoms with E-state index in [1.807, 2.05) is 6.92 Å². The summed E-state index contributed by atoms with van der Waals surface area (Å²) in [4.78, 5) is 25.0. The topological polar surface area (TPSA) is 69.6 Å². The first-order chi connectivity index (χ1) is 7.90. The molecular formula is C12H22N2O3. The molecule has 0 aromatic carbocycles. The largest absolute Gasteiger partial charge is 0.481 e. The van der Waals surface area contributed by atoms with E-state index in [1.54, 1.807) is 18.9 Å². The predicted octanol–water partition coefficient (Wildman–Crippen LogP) is 0.555. The second-order valence-electron chi connectivity index (χ2n) is 5.19. The van der Waals surface area contributed by atoms with E-state index in [9.17, 15) is 14.7 Å². The van der Waals surface area contributed by atoms with Crippen LogP contribution in [-0.2, 0) is 9.59 Å². The van der Waals surface area contributed by atoms with E-state index >= 15 is 0 Å². The molecular weight excluding hydrogens is 220 g/mol. The average molecular weight is 242 g/mol. The van der Waals surface area contributed by atoms with Gasteiger partial charge in [-0.05, 0) is 26.8 Å². The van der Waals surface area contributed by atoms with Crippen LogP contribution in [0.15, 0.2) is 0 Å². The number of carbonyl (C=O) groups excluding carboxylic acids is 1. The van der Waals surface area contributed by atoms with Crippen LogP contribution >= 0.6 is 0 Å². The second kappa shape index (κ2) is 5.49. The normalized spacial score (nSPS) is 26.6. The number of carboxylic acid groups (broad SMARTS) is 1. The van der Waals surface area contributed by atoms with E-state index in [4.69, 9.17) is 0 Å². The van der Waals surface area contributed by atoms with E-state index in [2.05, 4.69) is 5.32 Å². The van der Waals surface area contributed by atoms with Crippen LogP contribution in [0.2, 0.25) is 0 Å². The zero-order valence-electron chi connectivity index (χ0n) is 10.8. The van der Waals surface area contributed by atoms with Gasteiger partial charge in [0.1, 0.15) is 0 Å². The Morgan fingerprint density at radius 2 is 2.18 bits per heavy atom. The SMILES string of the molecule is CNCC(C)C(=O)N1CCCC(C)(C(=O)O)C1. The maximum atomic E-state index is 12.1. The third-order valence-electron chi connectivity index (χ3n) is 3.46. The standard InChI is InChI=1S/C12H22N2O3/c1-9(7-13-3)10(15)14-6-4-5-12(2,8-14)11(16)17/h9,13H,4-8H2,1-3H3,(H,16,17). The van der Waals surface area contributed by atoms with Gasteiger partial charge < -0.3 is 15.3 Å². The number of rotatable bonds is 4. The van der Waals surface area contributed by atoms with E-state index in [0.29, 0.717) is 26.1 Å². The zero-order chi connectivity index (χ0) is 13.1. The van der Waals surface area contributed by atoms with E-state index in [0.717, 1.165) is 6.42 Å². The van der Waals surface area contributed by atoms with Crippen molar-refractivity contribution in [1.29, 1.82) is 0 Å². The zero-order valence-corrected chi connectivity index (χ0v) is 10.8. The molecule has 5 nitrogen and oxygen atoms in total. The van der Waals surface area contributed by atoms with Gasteiger partial charge in [-0.25, -0.2) is 0 Å². The van der Waals surface area contributed by atoms with Crippen molar-refractivity contribution in [3.8, 4) is 0 Å². The van der Waals surface area contributed by atoms with Gasteiger partial charge in [0.05, 0.1) is 5.41 Å². The van der Waals surface area contributed by atoms with Crippen LogP contribution < -0.4 is 5.32 Å². The first-order valence-electron chi connectivity index (χ1n) is 6.07. The summed E-state index contributed by atoms with van der Waals surface area (Å²) in [6.45, 7) is 5.22. The first-order valence-corrected chi connectivity index (χ1v) is 6.07. The summed E-state index contributed by atoms with van der Waals surface area (Å²) in [6.07, 6.45) is 1.41. The number of nitrogens with one attached hydrogen (secondary N) is 1. The molecule has 1 aliphatic heterocycles. The summed E-state index contributed by atoms with van der Waals surface area (Å²) < 4.78 is 0. The number of nitrogens with zero attached hydrogens (tertiary/aromatic N) is 1. The van der Waals surface area contributed by atoms with Gasteiger partial charge in [-0.1, -0.05) is 6.92 Å². The highest BCUT2D eigenvalue weighted by atomic mass is 16.4. The number of likely N-dealkylation sites (tertiary alicyclic amines) is 1. The average Bonchev–Trinajstić information content (AvgIpc) is 2.28. The highest BCUT2D eigenvalue weighted by Crippen LogP contribution is 2.30. The smallest absolute Gasteiger partial charge is 0.311 e. The molecule has 1 amide bonds. The van der Waals surface area contributed by atoms with Gasteiger partial charge in [0.2, 0.25) is 5.91 Å². The molecule has 0 aliphatic carbocycles. The highest BCUT2D eigenvalue weighted by molar-refractivity contribution is 5.81. The van der Waals surface area contributed by atoms with Gasteiger partial charge in [0, 0.05) is 25.6 Å². The first kappa shape index (κ1) is 14.0. The van der Waals surface area contributed by atoms with E-state index < -0.39 is 11.4 Å². The van der Waals surface area contributed by atoms with Gasteiger partial charge in [-0.2, -0.15) is 0 Å². The minimum Gasteiger partial charge on any atom is -0.481 e. The van der Waals surface area contributed by atoms with Gasteiger partial charge in [-0.3, -0.25) is 9.59 Å². The molecule has 1 saturated heterocycles. The fraction of sp³-hybridized carbons (Fsp3) is 0.833. The van der Waals surface area contributed by atoms with Gasteiger partial charge in [0.25, 0.3) is 0 Å². The molecule has 2 unspecified atom stereocenters. The van der Waals surface area contributed by atoms with Crippen molar-refractivity contribution >= 4 is 11.9 Å². The molecule has 0 aromatic heterocycles. The van der Waals surface area contributed by atoms with Crippen LogP contribution in [0.25, 0.3) is 0 Å². The van der Waals surface area contributed by atoms with Crippen LogP contribution in [0, 0.1) is 11.3 Å². The lowest BCUT2D eigenvalue weighted by atomic mass is 9.81. The molecule has 5 heteroatoms. The molecule has 2 N–H and O–H groups in total. The van der Waals surface area contributed by atoms with Crippen LogP contribution in [0.4, 0.5) is 0 Å². The number of hydrogen-bond donors (Lipinski definition) is 2. The Morgan fingerprint density at radius 3 is 2.71 bits per heavy atom. The van der Waals surface area contributed by atoms with Crippen molar-refractivity contribution in [2.45, 2.75) is 26.7 Å². The Kier molecular flexibility index (Phi) is 4.51. The molecule has 2 atom stereocenters. The Bertz CT molecular complexity index is 306. The molecule has 1 aliphatic rings. The van der Waals surface area contributed by atoms with Crippen molar-refractivity contribution in [2.24, 2.45) is 11.3 Å². The van der Waals surface area contributed by atoms with Crippen molar-refractivity contribution in [2.75, 3.05) is 26.7 Å². The third-order valence-corrected chi connectivity index (χ3v) is 3.46. The summed E-state index contributed by atoms with van der Waals surface area (Å²) in [5.74, 6) is -0.862. The molecule has 0 saturated carbocycles. The highest BCUT2D eigenvalue weighted by Gasteiger charge is 2.39. The van der Waals surface area contributed by atoms with Gasteiger partial charge in [-0.15, -0.1) is 0 Å². The minimum absolute atomic E-state index is 0.0477. The summed E-state index contributed by atoms with van der Waals surface area (Å²) in [5.41, 5.74) is -0.784. The Balaban J connectivity index is 2.66. The lowest BCUT2D eigenvalue weighted by molar-refractivity contribution is -0.154. The van der Waals surface area contributed by atoms with Crippen molar-refractivity contribution in [3.05, 3.63) is 0 Å². The Morgan fingerprint density at radius 1 is 1.53 bits per heavy atom. The Hall–Kier alpha value is -1.10. The molecule has 17 heavy (non-hydrogen) atoms. The van der Waals surface area contributed by atoms with Crippen LogP contribution in [-0.4, -0.2) is 48.6 Å². The quantitative estimate of drug-likeness (QED) is 0.755. The Labute approximate surface area is 102 Å². The number of amides is 1. The molecule has 1 rings (SSSR count). The molecule has 98 valence electrons. The lowest BCUT2D eigenvalue weighted by Crippen LogP contribution is -2.50. The summed E-state index contributed by atoms with van der Waals surface area (Å²) in [7, 11) is 1.81. The molecule has 0 bridgehead atoms. The lowest BCUT2D eigenvalue weighted by Gasteiger charge is -2.38. The van der Waals surface area contributed by atoms with Crippen LogP contribution in [0.3, 0.4) is 0 Å². The summed E-state index contributed by atoms with van der Waals surface area (Å²) in [6, 6.07) is 0. The third kappa shape index (κ3) is 3.19. The maximum Gasteiger partial charge on any atom is 0.311 e. The molecule has 1 heterocycles. The van der Waals surface area contributed by atoms with Crippen LogP contribution in [0.5, 0.6) is 0 Å². The molecule has 0 spiro atoms. The monoisotopic (exact) mass is 242 g/mol. The van der Waals surface area contributed by atoms with Crippen molar-refractivity contribution < 1.29 is 14.7 Å². The van der Waals surface area contributed by atoms with Gasteiger partial charge in [0.15, 0.2) is 0 Å². The number of aliphatic carboxylic acids is 1. The van der Waals surface area contributed by atoms with Crippen molar-refractivity contribution in [1.82, 2.24) is 10.2 Å². The van der Waals surface area contributed by atoms with Gasteiger partial charge >= 0.3 is 5.97 Å². The van der Waals surface area contributed by atoms with Crippen LogP contribution in [0.1, 0.15) is 26.7 Å². The fourth-order valence-electron chi connectivity index (χ4n) is 2.31. The summed E-state index contributed by atoms with van der Waals surface area (Å²) >= 11 is 0. The molecule has 0 radical (unpaired) electrons. The number of piperidine rings is 1. The minimum atomic E-state index is -0.809. The van der Waals surface area contributed by atoms with E-state index in [1.165, 1.54) is 0 Å². The number of carbonyl (C=O) groups is 2. The number of hydrogen-bond acceptors (Lipinski definition) is 3. The molecule has 1 fully saturated rings. The number of carboxylic acids is 1. The molecule has 0 aromatic rings.